The Kier molecular flexibility index (Phi) is 7.66. The number of carbonyl (C=O) groups is 2. The fraction of sp³-hybridized carbons (Fsp3) is 0.846. The van der Waals surface area contributed by atoms with E-state index in [0.29, 0.717) is 39.1 Å². The highest BCUT2D eigenvalue weighted by molar-refractivity contribution is 7.84. The van der Waals surface area contributed by atoms with Gasteiger partial charge in [-0.05, 0) is 12.8 Å². The molecule has 7 nitrogen and oxygen atoms in total. The van der Waals surface area contributed by atoms with Crippen LogP contribution in [0.25, 0.3) is 0 Å². The number of hydrogen-bond donors (Lipinski definition) is 2. The number of urea groups is 1. The van der Waals surface area contributed by atoms with Crippen molar-refractivity contribution in [1.82, 2.24) is 15.1 Å². The molecular weight excluding hydrogens is 294 g/mol. The van der Waals surface area contributed by atoms with Crippen LogP contribution in [0, 0.1) is 0 Å². The molecule has 0 aromatic carbocycles. The van der Waals surface area contributed by atoms with Crippen LogP contribution in [0.15, 0.2) is 0 Å². The fourth-order valence-electron chi connectivity index (χ4n) is 2.18. The molecule has 1 aliphatic rings. The number of rotatable bonds is 6. The Balaban J connectivity index is 2.31. The van der Waals surface area contributed by atoms with E-state index in [0.717, 1.165) is 6.42 Å². The Bertz CT molecular complexity index is 392. The molecule has 2 amide bonds. The molecule has 8 heteroatoms. The van der Waals surface area contributed by atoms with Crippen LogP contribution in [-0.2, 0) is 15.6 Å². The van der Waals surface area contributed by atoms with E-state index in [-0.39, 0.29) is 17.8 Å². The number of nitrogens with one attached hydrogen (secondary N) is 1. The van der Waals surface area contributed by atoms with Crippen molar-refractivity contribution in [3.05, 3.63) is 0 Å². The lowest BCUT2D eigenvalue weighted by atomic mass is 10.3. The summed E-state index contributed by atoms with van der Waals surface area (Å²) in [6.45, 7) is 4.88. The maximum absolute atomic E-state index is 12.0. The van der Waals surface area contributed by atoms with Gasteiger partial charge in [-0.1, -0.05) is 6.92 Å². The quantitative estimate of drug-likeness (QED) is 0.716. The van der Waals surface area contributed by atoms with Crippen molar-refractivity contribution in [3.63, 3.8) is 0 Å². The molecule has 2 unspecified atom stereocenters. The molecular formula is C13H25N3O4S. The predicted octanol–water partition coefficient (Wildman–Crippen LogP) is -0.0546. The monoisotopic (exact) mass is 319 g/mol. The van der Waals surface area contributed by atoms with Gasteiger partial charge in [0.1, 0.15) is 0 Å². The number of carbonyl (C=O) groups excluding carboxylic acids is 1. The van der Waals surface area contributed by atoms with Gasteiger partial charge < -0.3 is 15.3 Å². The topological polar surface area (TPSA) is 90.0 Å². The molecule has 122 valence electrons. The molecule has 0 aromatic rings. The molecule has 0 spiro atoms. The molecule has 1 aliphatic heterocycles. The third-order valence-corrected chi connectivity index (χ3v) is 5.00. The fourth-order valence-corrected chi connectivity index (χ4v) is 2.63. The summed E-state index contributed by atoms with van der Waals surface area (Å²) in [5.74, 6) is -0.838. The minimum absolute atomic E-state index is 0.0231. The van der Waals surface area contributed by atoms with Crippen LogP contribution in [0.5, 0.6) is 0 Å². The second-order valence-electron chi connectivity index (χ2n) is 5.34. The normalized spacial score (nSPS) is 19.6. The minimum Gasteiger partial charge on any atom is -0.480 e. The van der Waals surface area contributed by atoms with Crippen molar-refractivity contribution in [2.24, 2.45) is 0 Å². The molecule has 21 heavy (non-hydrogen) atoms. The second kappa shape index (κ2) is 8.99. The van der Waals surface area contributed by atoms with Gasteiger partial charge >= 0.3 is 12.0 Å². The standard InChI is InChI=1S/C13H25N3O4S/c1-11(21(2)20)4-5-14-13(19)16-7-3-6-15(8-9-16)10-12(17)18/h11H,3-10H2,1-2H3,(H,14,19)(H,17,18). The first-order valence-corrected chi connectivity index (χ1v) is 8.81. The number of carboxylic acid groups (broad SMARTS) is 1. The molecule has 0 aromatic heterocycles. The molecule has 1 saturated heterocycles. The second-order valence-corrected chi connectivity index (χ2v) is 7.14. The Labute approximate surface area is 128 Å². The maximum Gasteiger partial charge on any atom is 0.317 e. The van der Waals surface area contributed by atoms with E-state index in [1.807, 2.05) is 11.8 Å². The van der Waals surface area contributed by atoms with Crippen LogP contribution in [-0.4, -0.2) is 81.9 Å². The van der Waals surface area contributed by atoms with E-state index in [2.05, 4.69) is 5.32 Å². The summed E-state index contributed by atoms with van der Waals surface area (Å²) in [5, 5.41) is 11.7. The van der Waals surface area contributed by atoms with Gasteiger partial charge in [-0.15, -0.1) is 0 Å². The van der Waals surface area contributed by atoms with Crippen LogP contribution < -0.4 is 5.32 Å². The van der Waals surface area contributed by atoms with E-state index >= 15 is 0 Å². The van der Waals surface area contributed by atoms with E-state index < -0.39 is 16.8 Å². The van der Waals surface area contributed by atoms with Gasteiger partial charge in [0.25, 0.3) is 0 Å². The van der Waals surface area contributed by atoms with Crippen LogP contribution in [0.3, 0.4) is 0 Å². The average Bonchev–Trinajstić information content (AvgIpc) is 2.63. The summed E-state index contributed by atoms with van der Waals surface area (Å²) in [4.78, 5) is 26.3. The largest absolute Gasteiger partial charge is 0.480 e. The minimum atomic E-state index is -0.870. The lowest BCUT2D eigenvalue weighted by Crippen LogP contribution is -2.43. The molecule has 0 bridgehead atoms. The molecule has 0 aliphatic carbocycles. The zero-order valence-corrected chi connectivity index (χ0v) is 13.5. The first kappa shape index (κ1) is 17.9. The molecule has 2 N–H and O–H groups in total. The van der Waals surface area contributed by atoms with Crippen molar-refractivity contribution in [1.29, 1.82) is 0 Å². The smallest absolute Gasteiger partial charge is 0.317 e. The van der Waals surface area contributed by atoms with Crippen molar-refractivity contribution >= 4 is 22.8 Å². The summed E-state index contributed by atoms with van der Waals surface area (Å²) < 4.78 is 11.2. The van der Waals surface area contributed by atoms with Crippen molar-refractivity contribution in [3.8, 4) is 0 Å². The summed E-state index contributed by atoms with van der Waals surface area (Å²) in [5.41, 5.74) is 0. The Morgan fingerprint density at radius 2 is 2.00 bits per heavy atom. The molecule has 1 heterocycles. The van der Waals surface area contributed by atoms with E-state index in [1.165, 1.54) is 0 Å². The van der Waals surface area contributed by atoms with Crippen molar-refractivity contribution in [2.75, 3.05) is 45.5 Å². The molecule has 1 fully saturated rings. The van der Waals surface area contributed by atoms with Gasteiger partial charge in [-0.25, -0.2) is 4.79 Å². The summed E-state index contributed by atoms with van der Waals surface area (Å²) in [6.07, 6.45) is 3.13. The number of nitrogens with zero attached hydrogens (tertiary/aromatic N) is 2. The third-order valence-electron chi connectivity index (χ3n) is 3.63. The number of amides is 2. The zero-order chi connectivity index (χ0) is 15.8. The van der Waals surface area contributed by atoms with Crippen molar-refractivity contribution < 1.29 is 18.9 Å². The van der Waals surface area contributed by atoms with E-state index in [9.17, 15) is 13.8 Å². The van der Waals surface area contributed by atoms with Crippen LogP contribution >= 0.6 is 0 Å². The van der Waals surface area contributed by atoms with Gasteiger partial charge in [0.2, 0.25) is 0 Å². The highest BCUT2D eigenvalue weighted by atomic mass is 32.2. The van der Waals surface area contributed by atoms with Gasteiger partial charge in [0, 0.05) is 55.0 Å². The van der Waals surface area contributed by atoms with Gasteiger partial charge in [-0.3, -0.25) is 13.9 Å². The van der Waals surface area contributed by atoms with Crippen LogP contribution in [0.4, 0.5) is 4.79 Å². The highest BCUT2D eigenvalue weighted by Crippen LogP contribution is 2.04. The third kappa shape index (κ3) is 6.90. The lowest BCUT2D eigenvalue weighted by Gasteiger charge is -2.22. The summed E-state index contributed by atoms with van der Waals surface area (Å²) >= 11 is 0. The number of carboxylic acids is 1. The average molecular weight is 319 g/mol. The van der Waals surface area contributed by atoms with Crippen molar-refractivity contribution in [2.45, 2.75) is 25.0 Å². The lowest BCUT2D eigenvalue weighted by molar-refractivity contribution is -0.138. The number of hydrogen-bond acceptors (Lipinski definition) is 4. The summed E-state index contributed by atoms with van der Waals surface area (Å²) in [6, 6.07) is -0.124. The van der Waals surface area contributed by atoms with Gasteiger partial charge in [-0.2, -0.15) is 0 Å². The van der Waals surface area contributed by atoms with Gasteiger partial charge in [0.15, 0.2) is 0 Å². The molecule has 0 saturated carbocycles. The molecule has 1 rings (SSSR count). The van der Waals surface area contributed by atoms with Crippen LogP contribution in [0.2, 0.25) is 0 Å². The van der Waals surface area contributed by atoms with E-state index in [1.54, 1.807) is 11.2 Å². The SMILES string of the molecule is CC(CCNC(=O)N1CCCN(CC(=O)O)CC1)S(C)=O. The Morgan fingerprint density at radius 1 is 1.29 bits per heavy atom. The van der Waals surface area contributed by atoms with Crippen LogP contribution in [0.1, 0.15) is 19.8 Å². The molecule has 2 atom stereocenters. The van der Waals surface area contributed by atoms with Gasteiger partial charge in [0.05, 0.1) is 6.54 Å². The Morgan fingerprint density at radius 3 is 2.62 bits per heavy atom. The molecule has 0 radical (unpaired) electrons. The zero-order valence-electron chi connectivity index (χ0n) is 12.7. The maximum atomic E-state index is 12.0. The predicted molar refractivity (Wildman–Crippen MR) is 81.8 cm³/mol. The van der Waals surface area contributed by atoms with E-state index in [4.69, 9.17) is 5.11 Å². The highest BCUT2D eigenvalue weighted by Gasteiger charge is 2.20. The summed E-state index contributed by atoms with van der Waals surface area (Å²) in [7, 11) is -0.870. The Hall–Kier alpha value is -1.15. The first-order chi connectivity index (χ1) is 9.90. The first-order valence-electron chi connectivity index (χ1n) is 7.19. The number of aliphatic carboxylic acids is 1.